The third-order valence-electron chi connectivity index (χ3n) is 4.35. The van der Waals surface area contributed by atoms with Gasteiger partial charge in [-0.3, -0.25) is 9.59 Å². The van der Waals surface area contributed by atoms with Crippen LogP contribution in [0.4, 0.5) is 0 Å². The molecule has 4 aromatic rings. The quantitative estimate of drug-likeness (QED) is 0.274. The molecule has 0 aliphatic heterocycles. The van der Waals surface area contributed by atoms with Crippen molar-refractivity contribution in [1.82, 2.24) is 0 Å². The molecular weight excluding hydrogens is 392 g/mol. The van der Waals surface area contributed by atoms with Crippen LogP contribution in [0.25, 0.3) is 21.9 Å². The minimum atomic E-state index is 0.0394. The van der Waals surface area contributed by atoms with Crippen molar-refractivity contribution in [2.24, 2.45) is 0 Å². The number of benzene rings is 2. The van der Waals surface area contributed by atoms with Gasteiger partial charge in [0.05, 0.1) is 23.7 Å². The second kappa shape index (κ2) is 8.71. The van der Waals surface area contributed by atoms with E-state index in [4.69, 9.17) is 8.83 Å². The van der Waals surface area contributed by atoms with E-state index in [1.807, 2.05) is 48.9 Å². The highest BCUT2D eigenvalue weighted by Gasteiger charge is 2.12. The minimum absolute atomic E-state index is 0.0394. The van der Waals surface area contributed by atoms with E-state index in [-0.39, 0.29) is 11.6 Å². The first-order valence-corrected chi connectivity index (χ1v) is 11.0. The van der Waals surface area contributed by atoms with Gasteiger partial charge in [-0.2, -0.15) is 0 Å². The van der Waals surface area contributed by atoms with Gasteiger partial charge < -0.3 is 8.83 Å². The van der Waals surface area contributed by atoms with Crippen LogP contribution in [0.5, 0.6) is 0 Å². The largest absolute Gasteiger partial charge is 0.464 e. The molecule has 2 heterocycles. The van der Waals surface area contributed by atoms with E-state index < -0.39 is 0 Å². The first-order valence-electron chi connectivity index (χ1n) is 8.58. The standard InChI is InChI=1S/2C11H10O2S/c2*1-7(12)8-3-4-10(14-2)9-5-6-13-11(8)9/h2*3-6H,1-2H3. The molecule has 0 amide bonds. The highest BCUT2D eigenvalue weighted by Crippen LogP contribution is 2.30. The molecule has 0 bridgehead atoms. The molecule has 0 aliphatic carbocycles. The summed E-state index contributed by atoms with van der Waals surface area (Å²) in [5, 5.41) is 2.04. The van der Waals surface area contributed by atoms with Gasteiger partial charge in [-0.05, 0) is 62.8 Å². The normalized spacial score (nSPS) is 10.7. The fraction of sp³-hybridized carbons (Fsp3) is 0.182. The Balaban J connectivity index is 0.000000161. The number of Topliss-reactive ketones (excluding diaryl/α,β-unsaturated/α-hetero) is 2. The van der Waals surface area contributed by atoms with Crippen molar-refractivity contribution in [3.05, 3.63) is 60.1 Å². The van der Waals surface area contributed by atoms with Gasteiger partial charge in [0.25, 0.3) is 0 Å². The van der Waals surface area contributed by atoms with Gasteiger partial charge in [0.2, 0.25) is 0 Å². The predicted octanol–water partition coefficient (Wildman–Crippen LogP) is 6.71. The molecule has 4 nitrogen and oxygen atoms in total. The number of thioether (sulfide) groups is 2. The molecule has 0 aliphatic rings. The maximum absolute atomic E-state index is 11.3. The number of carbonyl (C=O) groups excluding carboxylic acids is 2. The number of carbonyl (C=O) groups is 2. The van der Waals surface area contributed by atoms with Gasteiger partial charge in [-0.15, -0.1) is 23.5 Å². The summed E-state index contributed by atoms with van der Waals surface area (Å²) in [4.78, 5) is 24.9. The van der Waals surface area contributed by atoms with Gasteiger partial charge in [-0.25, -0.2) is 0 Å². The average Bonchev–Trinajstić information content (AvgIpc) is 3.36. The Labute approximate surface area is 171 Å². The predicted molar refractivity (Wildman–Crippen MR) is 116 cm³/mol. The molecule has 4 rings (SSSR count). The number of hydrogen-bond donors (Lipinski definition) is 0. The van der Waals surface area contributed by atoms with Crippen molar-refractivity contribution >= 4 is 57.0 Å². The van der Waals surface area contributed by atoms with Crippen LogP contribution in [0.15, 0.2) is 67.5 Å². The molecule has 0 saturated carbocycles. The van der Waals surface area contributed by atoms with E-state index in [0.29, 0.717) is 22.3 Å². The molecule has 0 unspecified atom stereocenters. The summed E-state index contributed by atoms with van der Waals surface area (Å²) in [6.07, 6.45) is 7.26. The van der Waals surface area contributed by atoms with Crippen molar-refractivity contribution < 1.29 is 18.4 Å². The highest BCUT2D eigenvalue weighted by molar-refractivity contribution is 7.99. The molecule has 28 heavy (non-hydrogen) atoms. The SMILES string of the molecule is CSc1ccc(C(C)=O)c2occc12.CSc1ccc(C(C)=O)c2occc12. The van der Waals surface area contributed by atoms with Crippen molar-refractivity contribution in [2.45, 2.75) is 23.6 Å². The van der Waals surface area contributed by atoms with Crippen molar-refractivity contribution in [1.29, 1.82) is 0 Å². The lowest BCUT2D eigenvalue weighted by atomic mass is 10.1. The molecule has 0 fully saturated rings. The molecule has 2 aromatic heterocycles. The zero-order valence-corrected chi connectivity index (χ0v) is 17.7. The van der Waals surface area contributed by atoms with Crippen LogP contribution in [-0.2, 0) is 0 Å². The second-order valence-corrected chi connectivity index (χ2v) is 7.77. The van der Waals surface area contributed by atoms with Crippen molar-refractivity contribution in [3.63, 3.8) is 0 Å². The summed E-state index contributed by atoms with van der Waals surface area (Å²) >= 11 is 3.30. The van der Waals surface area contributed by atoms with Crippen molar-refractivity contribution in [3.8, 4) is 0 Å². The Morgan fingerprint density at radius 1 is 0.679 bits per heavy atom. The second-order valence-electron chi connectivity index (χ2n) is 6.07. The van der Waals surface area contributed by atoms with E-state index in [1.165, 1.54) is 0 Å². The molecular formula is C22H20O4S2. The molecule has 0 N–H and O–H groups in total. The maximum Gasteiger partial charge on any atom is 0.163 e. The fourth-order valence-corrected chi connectivity index (χ4v) is 4.15. The summed E-state index contributed by atoms with van der Waals surface area (Å²) in [5.41, 5.74) is 2.71. The fourth-order valence-electron chi connectivity index (χ4n) is 2.98. The van der Waals surface area contributed by atoms with Gasteiger partial charge in [0, 0.05) is 20.6 Å². The lowest BCUT2D eigenvalue weighted by Gasteiger charge is -2.01. The molecule has 0 spiro atoms. The van der Waals surface area contributed by atoms with Crippen LogP contribution in [0, 0.1) is 0 Å². The molecule has 6 heteroatoms. The number of hydrogen-bond acceptors (Lipinski definition) is 6. The summed E-state index contributed by atoms with van der Waals surface area (Å²) in [6.45, 7) is 3.10. The monoisotopic (exact) mass is 412 g/mol. The van der Waals surface area contributed by atoms with Gasteiger partial charge in [-0.1, -0.05) is 0 Å². The lowest BCUT2D eigenvalue weighted by molar-refractivity contribution is 0.100. The van der Waals surface area contributed by atoms with E-state index >= 15 is 0 Å². The topological polar surface area (TPSA) is 60.4 Å². The third-order valence-corrected chi connectivity index (χ3v) is 5.94. The summed E-state index contributed by atoms with van der Waals surface area (Å²) in [7, 11) is 0. The first-order chi connectivity index (χ1) is 13.5. The summed E-state index contributed by atoms with van der Waals surface area (Å²) < 4.78 is 10.6. The molecule has 0 radical (unpaired) electrons. The average molecular weight is 413 g/mol. The van der Waals surface area contributed by atoms with Crippen LogP contribution in [0.3, 0.4) is 0 Å². The Hall–Kier alpha value is -2.44. The summed E-state index contributed by atoms with van der Waals surface area (Å²) in [5.74, 6) is 0.0789. The number of ketones is 2. The van der Waals surface area contributed by atoms with E-state index in [2.05, 4.69) is 0 Å². The van der Waals surface area contributed by atoms with Crippen LogP contribution in [0.2, 0.25) is 0 Å². The van der Waals surface area contributed by atoms with Crippen LogP contribution in [0.1, 0.15) is 34.6 Å². The Morgan fingerprint density at radius 2 is 1.07 bits per heavy atom. The smallest absolute Gasteiger partial charge is 0.163 e. The minimum Gasteiger partial charge on any atom is -0.464 e. The number of furan rings is 2. The summed E-state index contributed by atoms with van der Waals surface area (Å²) in [6, 6.07) is 11.3. The van der Waals surface area contributed by atoms with E-state index in [9.17, 15) is 9.59 Å². The molecule has 0 atom stereocenters. The molecule has 2 aromatic carbocycles. The third kappa shape index (κ3) is 3.88. The number of rotatable bonds is 4. The van der Waals surface area contributed by atoms with E-state index in [0.717, 1.165) is 20.6 Å². The Kier molecular flexibility index (Phi) is 6.31. The Bertz CT molecular complexity index is 1060. The highest BCUT2D eigenvalue weighted by atomic mass is 32.2. The first kappa shape index (κ1) is 20.3. The van der Waals surface area contributed by atoms with Crippen LogP contribution < -0.4 is 0 Å². The number of fused-ring (bicyclic) bond motifs is 2. The van der Waals surface area contributed by atoms with Gasteiger partial charge >= 0.3 is 0 Å². The van der Waals surface area contributed by atoms with Crippen LogP contribution in [-0.4, -0.2) is 24.1 Å². The lowest BCUT2D eigenvalue weighted by Crippen LogP contribution is -1.92. The van der Waals surface area contributed by atoms with Gasteiger partial charge in [0.1, 0.15) is 11.2 Å². The van der Waals surface area contributed by atoms with Crippen molar-refractivity contribution in [2.75, 3.05) is 12.5 Å². The van der Waals surface area contributed by atoms with Crippen LogP contribution >= 0.6 is 23.5 Å². The molecule has 0 saturated heterocycles. The van der Waals surface area contributed by atoms with E-state index in [1.54, 1.807) is 49.9 Å². The zero-order chi connectivity index (χ0) is 20.3. The zero-order valence-electron chi connectivity index (χ0n) is 16.1. The molecule has 144 valence electrons. The Morgan fingerprint density at radius 3 is 1.39 bits per heavy atom. The maximum atomic E-state index is 11.3. The van der Waals surface area contributed by atoms with Gasteiger partial charge in [0.15, 0.2) is 11.6 Å².